The van der Waals surface area contributed by atoms with Crippen molar-refractivity contribution in [1.82, 2.24) is 4.98 Å². The molecule has 2 heterocycles. The van der Waals surface area contributed by atoms with Crippen molar-refractivity contribution in [2.24, 2.45) is 5.92 Å². The first-order valence-corrected chi connectivity index (χ1v) is 12.6. The lowest BCUT2D eigenvalue weighted by molar-refractivity contribution is -0.000860. The van der Waals surface area contributed by atoms with Crippen LogP contribution in [0.25, 0.3) is 0 Å². The molecule has 0 bridgehead atoms. The summed E-state index contributed by atoms with van der Waals surface area (Å²) < 4.78 is 36.2. The van der Waals surface area contributed by atoms with Crippen LogP contribution in [0.4, 0.5) is 8.78 Å². The van der Waals surface area contributed by atoms with E-state index in [0.717, 1.165) is 63.0 Å². The zero-order chi connectivity index (χ0) is 22.5. The van der Waals surface area contributed by atoms with E-state index in [2.05, 4.69) is 24.9 Å². The maximum Gasteiger partial charge on any atom is 0.162 e. The average Bonchev–Trinajstić information content (AvgIpc) is 2.83. The number of ether oxygens (including phenoxy) is 1. The van der Waals surface area contributed by atoms with Crippen LogP contribution < -0.4 is 0 Å². The predicted octanol–water partition coefficient (Wildman–Crippen LogP) is 8.02. The molecule has 2 atom stereocenters. The Morgan fingerprint density at radius 3 is 2.09 bits per heavy atom. The second-order valence-electron chi connectivity index (χ2n) is 9.82. The summed E-state index contributed by atoms with van der Waals surface area (Å²) in [6, 6.07) is 7.82. The van der Waals surface area contributed by atoms with Crippen molar-refractivity contribution < 1.29 is 13.5 Å². The normalized spacial score (nSPS) is 26.2. The fraction of sp³-hybridized carbons (Fsp3) is 0.607. The molecule has 1 aromatic carbocycles. The van der Waals surface area contributed by atoms with E-state index in [1.165, 1.54) is 18.4 Å². The van der Waals surface area contributed by atoms with Gasteiger partial charge in [0, 0.05) is 12.1 Å². The molecule has 2 fully saturated rings. The summed E-state index contributed by atoms with van der Waals surface area (Å²) in [7, 11) is 0. The molecule has 2 nitrogen and oxygen atoms in total. The van der Waals surface area contributed by atoms with E-state index in [4.69, 9.17) is 4.74 Å². The van der Waals surface area contributed by atoms with Gasteiger partial charge in [-0.05, 0) is 79.5 Å². The third kappa shape index (κ3) is 5.22. The van der Waals surface area contributed by atoms with Gasteiger partial charge in [0.05, 0.1) is 18.4 Å². The zero-order valence-electron chi connectivity index (χ0n) is 19.6. The molecule has 1 aliphatic carbocycles. The van der Waals surface area contributed by atoms with Crippen molar-refractivity contribution in [1.29, 1.82) is 0 Å². The fourth-order valence-corrected chi connectivity index (χ4v) is 5.67. The van der Waals surface area contributed by atoms with Crippen LogP contribution in [-0.4, -0.2) is 11.6 Å². The first kappa shape index (κ1) is 23.4. The van der Waals surface area contributed by atoms with Crippen LogP contribution >= 0.6 is 0 Å². The molecule has 32 heavy (non-hydrogen) atoms. The quantitative estimate of drug-likeness (QED) is 0.434. The number of benzene rings is 1. The Morgan fingerprint density at radius 2 is 1.53 bits per heavy atom. The molecule has 4 rings (SSSR count). The molecule has 2 aliphatic rings. The van der Waals surface area contributed by atoms with E-state index in [1.807, 2.05) is 24.4 Å². The van der Waals surface area contributed by atoms with Crippen LogP contribution in [-0.2, 0) is 11.2 Å². The van der Waals surface area contributed by atoms with Gasteiger partial charge in [0.15, 0.2) is 11.6 Å². The van der Waals surface area contributed by atoms with Gasteiger partial charge in [-0.2, -0.15) is 0 Å². The molecule has 0 amide bonds. The Balaban J connectivity index is 1.38. The van der Waals surface area contributed by atoms with E-state index in [1.54, 1.807) is 0 Å². The molecule has 0 radical (unpaired) electrons. The standard InChI is InChI=1S/C28H37F2NO/c1-3-5-19-7-10-21(11-8-19)23-13-14-24(28(30)27(23)29)22-12-16-26(32-18-22)25-15-9-20(6-4-2)17-31-25/h9,13-15,17,19,21-22,26H,3-8,10-12,16,18H2,1-2H3. The summed E-state index contributed by atoms with van der Waals surface area (Å²) in [4.78, 5) is 4.57. The van der Waals surface area contributed by atoms with Crippen LogP contribution in [0.3, 0.4) is 0 Å². The SMILES string of the molecule is CCCc1ccc(C2CCC(c3ccc(C4CCC(CCC)CC4)c(F)c3F)CO2)nc1. The molecule has 1 saturated carbocycles. The predicted molar refractivity (Wildman–Crippen MR) is 125 cm³/mol. The van der Waals surface area contributed by atoms with Crippen LogP contribution in [0.5, 0.6) is 0 Å². The highest BCUT2D eigenvalue weighted by Crippen LogP contribution is 2.41. The molecule has 1 aromatic heterocycles. The molecule has 2 unspecified atom stereocenters. The molecule has 1 aliphatic heterocycles. The molecule has 4 heteroatoms. The highest BCUT2D eigenvalue weighted by molar-refractivity contribution is 5.32. The summed E-state index contributed by atoms with van der Waals surface area (Å²) >= 11 is 0. The number of pyridine rings is 1. The Hall–Kier alpha value is -1.81. The number of halogens is 2. The first-order valence-electron chi connectivity index (χ1n) is 12.6. The van der Waals surface area contributed by atoms with E-state index >= 15 is 8.78 Å². The number of rotatable bonds is 7. The Labute approximate surface area is 191 Å². The van der Waals surface area contributed by atoms with E-state index in [-0.39, 0.29) is 17.9 Å². The molecule has 2 aromatic rings. The summed E-state index contributed by atoms with van der Waals surface area (Å²) in [5.41, 5.74) is 3.22. The maximum atomic E-state index is 15.1. The number of nitrogens with zero attached hydrogens (tertiary/aromatic N) is 1. The highest BCUT2D eigenvalue weighted by Gasteiger charge is 2.30. The van der Waals surface area contributed by atoms with Gasteiger partial charge < -0.3 is 4.74 Å². The zero-order valence-corrected chi connectivity index (χ0v) is 19.6. The van der Waals surface area contributed by atoms with E-state index < -0.39 is 11.6 Å². The molecule has 174 valence electrons. The van der Waals surface area contributed by atoms with Crippen LogP contribution in [0.1, 0.15) is 112 Å². The van der Waals surface area contributed by atoms with Gasteiger partial charge in [0.1, 0.15) is 0 Å². The van der Waals surface area contributed by atoms with Crippen molar-refractivity contribution in [2.45, 2.75) is 96.0 Å². The van der Waals surface area contributed by atoms with Crippen molar-refractivity contribution >= 4 is 0 Å². The topological polar surface area (TPSA) is 22.1 Å². The first-order chi connectivity index (χ1) is 15.6. The molecular formula is C28H37F2NO. The van der Waals surface area contributed by atoms with Gasteiger partial charge >= 0.3 is 0 Å². The lowest BCUT2D eigenvalue weighted by atomic mass is 9.76. The summed E-state index contributed by atoms with van der Waals surface area (Å²) in [5, 5.41) is 0. The van der Waals surface area contributed by atoms with Crippen molar-refractivity contribution in [3.05, 3.63) is 64.5 Å². The third-order valence-electron chi connectivity index (χ3n) is 7.56. The van der Waals surface area contributed by atoms with Gasteiger partial charge in [-0.25, -0.2) is 8.78 Å². The average molecular weight is 442 g/mol. The van der Waals surface area contributed by atoms with Crippen molar-refractivity contribution in [3.8, 4) is 0 Å². The largest absolute Gasteiger partial charge is 0.371 e. The number of aryl methyl sites for hydroxylation is 1. The monoisotopic (exact) mass is 441 g/mol. The highest BCUT2D eigenvalue weighted by atomic mass is 19.2. The third-order valence-corrected chi connectivity index (χ3v) is 7.56. The minimum Gasteiger partial charge on any atom is -0.371 e. The summed E-state index contributed by atoms with van der Waals surface area (Å²) in [6.45, 7) is 4.78. The van der Waals surface area contributed by atoms with Gasteiger partial charge in [0.2, 0.25) is 0 Å². The van der Waals surface area contributed by atoms with Crippen molar-refractivity contribution in [2.75, 3.05) is 6.61 Å². The fourth-order valence-electron chi connectivity index (χ4n) is 5.67. The van der Waals surface area contributed by atoms with Gasteiger partial charge in [-0.1, -0.05) is 51.3 Å². The smallest absolute Gasteiger partial charge is 0.162 e. The minimum atomic E-state index is -0.660. The van der Waals surface area contributed by atoms with Crippen molar-refractivity contribution in [3.63, 3.8) is 0 Å². The van der Waals surface area contributed by atoms with Crippen LogP contribution in [0, 0.1) is 17.6 Å². The van der Waals surface area contributed by atoms with Gasteiger partial charge in [-0.3, -0.25) is 4.98 Å². The number of hydrogen-bond donors (Lipinski definition) is 0. The Bertz CT molecular complexity index is 866. The molecule has 0 spiro atoms. The van der Waals surface area contributed by atoms with E-state index in [9.17, 15) is 0 Å². The molecule has 0 N–H and O–H groups in total. The lowest BCUT2D eigenvalue weighted by Gasteiger charge is -2.31. The number of aromatic nitrogens is 1. The summed E-state index contributed by atoms with van der Waals surface area (Å²) in [6.07, 6.45) is 12.2. The van der Waals surface area contributed by atoms with Gasteiger partial charge in [0.25, 0.3) is 0 Å². The second-order valence-corrected chi connectivity index (χ2v) is 9.82. The second kappa shape index (κ2) is 10.9. The van der Waals surface area contributed by atoms with Crippen LogP contribution in [0.2, 0.25) is 0 Å². The summed E-state index contributed by atoms with van der Waals surface area (Å²) in [5.74, 6) is -0.480. The number of hydrogen-bond acceptors (Lipinski definition) is 2. The van der Waals surface area contributed by atoms with E-state index in [0.29, 0.717) is 17.7 Å². The molecule has 1 saturated heterocycles. The lowest BCUT2D eigenvalue weighted by Crippen LogP contribution is -2.22. The Morgan fingerprint density at radius 1 is 0.844 bits per heavy atom. The Kier molecular flexibility index (Phi) is 7.93. The molecular weight excluding hydrogens is 404 g/mol. The maximum absolute atomic E-state index is 15.1. The van der Waals surface area contributed by atoms with Crippen LogP contribution in [0.15, 0.2) is 30.5 Å². The minimum absolute atomic E-state index is 0.0626. The van der Waals surface area contributed by atoms with Gasteiger partial charge in [-0.15, -0.1) is 0 Å².